The van der Waals surface area contributed by atoms with E-state index in [2.05, 4.69) is 34.7 Å². The largest absolute Gasteiger partial charge is 0.454 e. The first-order valence-electron chi connectivity index (χ1n) is 7.43. The second-order valence-electron chi connectivity index (χ2n) is 5.17. The number of fused-ring (bicyclic) bond motifs is 1. The summed E-state index contributed by atoms with van der Waals surface area (Å²) >= 11 is 0. The number of ether oxygens (including phenoxy) is 2. The van der Waals surface area contributed by atoms with Crippen molar-refractivity contribution in [2.24, 2.45) is 4.99 Å². The van der Waals surface area contributed by atoms with Crippen molar-refractivity contribution < 1.29 is 9.47 Å². The molecule has 2 N–H and O–H groups in total. The van der Waals surface area contributed by atoms with E-state index in [1.165, 1.54) is 0 Å². The molecule has 0 atom stereocenters. The molecule has 1 aromatic rings. The van der Waals surface area contributed by atoms with Gasteiger partial charge in [0.05, 0.1) is 6.54 Å². The van der Waals surface area contributed by atoms with E-state index in [1.807, 2.05) is 18.2 Å². The van der Waals surface area contributed by atoms with Crippen LogP contribution in [0.4, 0.5) is 0 Å². The lowest BCUT2D eigenvalue weighted by molar-refractivity contribution is 0.174. The van der Waals surface area contributed by atoms with E-state index < -0.39 is 0 Å². The number of aliphatic imine (C=N–C) groups is 1. The molecule has 5 nitrogen and oxygen atoms in total. The van der Waals surface area contributed by atoms with Gasteiger partial charge in [-0.25, -0.2) is 4.99 Å². The Bertz CT molecular complexity index is 546. The molecule has 0 amide bonds. The van der Waals surface area contributed by atoms with Crippen LogP contribution in [-0.4, -0.2) is 25.3 Å². The van der Waals surface area contributed by atoms with Crippen molar-refractivity contribution in [1.82, 2.24) is 10.6 Å². The Labute approximate surface area is 125 Å². The van der Waals surface area contributed by atoms with Gasteiger partial charge in [-0.15, -0.1) is 0 Å². The molecule has 1 aliphatic carbocycles. The number of hydrogen-bond donors (Lipinski definition) is 2. The number of nitrogens with zero attached hydrogens (tertiary/aromatic N) is 1. The summed E-state index contributed by atoms with van der Waals surface area (Å²) < 4.78 is 10.7. The predicted octanol–water partition coefficient (Wildman–Crippen LogP) is 2.19. The molecule has 0 spiro atoms. The molecule has 0 bridgehead atoms. The van der Waals surface area contributed by atoms with Crippen molar-refractivity contribution in [2.75, 3.05) is 13.3 Å². The van der Waals surface area contributed by atoms with Crippen LogP contribution >= 0.6 is 0 Å². The fraction of sp³-hybridized carbons (Fsp3) is 0.438. The topological polar surface area (TPSA) is 54.9 Å². The molecule has 0 aromatic heterocycles. The van der Waals surface area contributed by atoms with E-state index in [0.717, 1.165) is 42.4 Å². The zero-order chi connectivity index (χ0) is 14.5. The monoisotopic (exact) mass is 287 g/mol. The Kier molecular flexibility index (Phi) is 4.28. The second-order valence-corrected chi connectivity index (χ2v) is 5.17. The van der Waals surface area contributed by atoms with E-state index in [1.54, 1.807) is 0 Å². The van der Waals surface area contributed by atoms with Gasteiger partial charge in [0.25, 0.3) is 0 Å². The average Bonchev–Trinajstić information content (AvgIpc) is 3.15. The smallest absolute Gasteiger partial charge is 0.231 e. The standard InChI is InChI=1S/C16H21N3O2/c1-2-17-16(19-13-5-3-4-6-13)18-10-12-7-8-14-15(9-12)21-11-20-14/h3-4,7-9,13H,2,5-6,10-11H2,1H3,(H2,17,18,19). The molecule has 1 aliphatic heterocycles. The third-order valence-electron chi connectivity index (χ3n) is 3.55. The third-order valence-corrected chi connectivity index (χ3v) is 3.55. The molecular formula is C16H21N3O2. The fourth-order valence-corrected chi connectivity index (χ4v) is 2.46. The van der Waals surface area contributed by atoms with Crippen LogP contribution in [0, 0.1) is 0 Å². The van der Waals surface area contributed by atoms with Gasteiger partial charge < -0.3 is 20.1 Å². The molecular weight excluding hydrogens is 266 g/mol. The number of hydrogen-bond acceptors (Lipinski definition) is 3. The summed E-state index contributed by atoms with van der Waals surface area (Å²) in [6.07, 6.45) is 6.54. The van der Waals surface area contributed by atoms with Gasteiger partial charge in [0.2, 0.25) is 6.79 Å². The fourth-order valence-electron chi connectivity index (χ4n) is 2.46. The third kappa shape index (κ3) is 3.48. The van der Waals surface area contributed by atoms with Crippen LogP contribution in [0.5, 0.6) is 11.5 Å². The van der Waals surface area contributed by atoms with Crippen molar-refractivity contribution in [1.29, 1.82) is 0 Å². The van der Waals surface area contributed by atoms with Crippen LogP contribution in [-0.2, 0) is 6.54 Å². The Morgan fingerprint density at radius 2 is 2.05 bits per heavy atom. The lowest BCUT2D eigenvalue weighted by atomic mass is 10.2. The Hall–Kier alpha value is -2.17. The molecule has 0 fully saturated rings. The van der Waals surface area contributed by atoms with Gasteiger partial charge in [-0.2, -0.15) is 0 Å². The van der Waals surface area contributed by atoms with Gasteiger partial charge in [-0.3, -0.25) is 0 Å². The summed E-state index contributed by atoms with van der Waals surface area (Å²) in [6.45, 7) is 3.85. The van der Waals surface area contributed by atoms with Crippen molar-refractivity contribution >= 4 is 5.96 Å². The number of benzene rings is 1. The van der Waals surface area contributed by atoms with E-state index in [0.29, 0.717) is 19.4 Å². The minimum atomic E-state index is 0.306. The lowest BCUT2D eigenvalue weighted by Crippen LogP contribution is -2.42. The minimum absolute atomic E-state index is 0.306. The van der Waals surface area contributed by atoms with Gasteiger partial charge in [0.1, 0.15) is 0 Å². The molecule has 112 valence electrons. The van der Waals surface area contributed by atoms with Crippen LogP contribution in [0.2, 0.25) is 0 Å². The van der Waals surface area contributed by atoms with E-state index in [4.69, 9.17) is 9.47 Å². The summed E-state index contributed by atoms with van der Waals surface area (Å²) in [5, 5.41) is 6.75. The van der Waals surface area contributed by atoms with Gasteiger partial charge in [0.15, 0.2) is 17.5 Å². The molecule has 21 heavy (non-hydrogen) atoms. The van der Waals surface area contributed by atoms with Crippen LogP contribution < -0.4 is 20.1 Å². The quantitative estimate of drug-likeness (QED) is 0.506. The maximum atomic E-state index is 5.39. The van der Waals surface area contributed by atoms with Crippen LogP contribution in [0.1, 0.15) is 25.3 Å². The number of guanidine groups is 1. The summed E-state index contributed by atoms with van der Waals surface area (Å²) in [7, 11) is 0. The first-order valence-corrected chi connectivity index (χ1v) is 7.43. The second kappa shape index (κ2) is 6.52. The number of rotatable bonds is 4. The first kappa shape index (κ1) is 13.8. The molecule has 0 saturated heterocycles. The summed E-state index contributed by atoms with van der Waals surface area (Å²) in [5.74, 6) is 2.48. The van der Waals surface area contributed by atoms with E-state index in [9.17, 15) is 0 Å². The Morgan fingerprint density at radius 1 is 1.24 bits per heavy atom. The highest BCUT2D eigenvalue weighted by Gasteiger charge is 2.14. The van der Waals surface area contributed by atoms with Gasteiger partial charge in [0, 0.05) is 12.6 Å². The zero-order valence-electron chi connectivity index (χ0n) is 12.3. The normalized spacial score (nSPS) is 17.3. The molecule has 0 unspecified atom stereocenters. The maximum Gasteiger partial charge on any atom is 0.231 e. The van der Waals surface area contributed by atoms with Crippen molar-refractivity contribution in [2.45, 2.75) is 32.4 Å². The first-order chi connectivity index (χ1) is 10.3. The van der Waals surface area contributed by atoms with Crippen molar-refractivity contribution in [3.63, 3.8) is 0 Å². The molecule has 1 aromatic carbocycles. The Balaban J connectivity index is 1.63. The van der Waals surface area contributed by atoms with E-state index >= 15 is 0 Å². The van der Waals surface area contributed by atoms with Crippen LogP contribution in [0.15, 0.2) is 35.3 Å². The van der Waals surface area contributed by atoms with E-state index in [-0.39, 0.29) is 0 Å². The maximum absolute atomic E-state index is 5.39. The zero-order valence-corrected chi connectivity index (χ0v) is 12.3. The molecule has 1 heterocycles. The Morgan fingerprint density at radius 3 is 2.86 bits per heavy atom. The number of nitrogens with one attached hydrogen (secondary N) is 2. The van der Waals surface area contributed by atoms with Gasteiger partial charge in [-0.05, 0) is 37.5 Å². The highest BCUT2D eigenvalue weighted by atomic mass is 16.7. The molecule has 3 rings (SSSR count). The van der Waals surface area contributed by atoms with Crippen molar-refractivity contribution in [3.05, 3.63) is 35.9 Å². The molecule has 5 heteroatoms. The summed E-state index contributed by atoms with van der Waals surface area (Å²) in [5.41, 5.74) is 1.11. The van der Waals surface area contributed by atoms with Gasteiger partial charge in [-0.1, -0.05) is 18.2 Å². The van der Waals surface area contributed by atoms with Gasteiger partial charge >= 0.3 is 0 Å². The molecule has 0 saturated carbocycles. The summed E-state index contributed by atoms with van der Waals surface area (Å²) in [4.78, 5) is 4.64. The molecule has 2 aliphatic rings. The van der Waals surface area contributed by atoms with Crippen LogP contribution in [0.25, 0.3) is 0 Å². The highest BCUT2D eigenvalue weighted by Crippen LogP contribution is 2.32. The SMILES string of the molecule is CCNC(=NCc1ccc2c(c1)OCO2)NC1CC=CC1. The predicted molar refractivity (Wildman–Crippen MR) is 82.7 cm³/mol. The average molecular weight is 287 g/mol. The minimum Gasteiger partial charge on any atom is -0.454 e. The lowest BCUT2D eigenvalue weighted by Gasteiger charge is -2.16. The summed E-state index contributed by atoms with van der Waals surface area (Å²) in [6, 6.07) is 6.41. The van der Waals surface area contributed by atoms with Crippen LogP contribution in [0.3, 0.4) is 0 Å². The van der Waals surface area contributed by atoms with Crippen molar-refractivity contribution in [3.8, 4) is 11.5 Å². The highest BCUT2D eigenvalue weighted by molar-refractivity contribution is 5.80. The molecule has 0 radical (unpaired) electrons.